The van der Waals surface area contributed by atoms with Gasteiger partial charge in [-0.3, -0.25) is 9.69 Å². The van der Waals surface area contributed by atoms with E-state index >= 15 is 0 Å². The number of nitrogens with zero attached hydrogens (tertiary/aromatic N) is 4. The fourth-order valence-corrected chi connectivity index (χ4v) is 3.56. The van der Waals surface area contributed by atoms with Crippen molar-refractivity contribution >= 4 is 5.91 Å². The highest BCUT2D eigenvalue weighted by molar-refractivity contribution is 5.82. The minimum atomic E-state index is -0.320. The maximum Gasteiger partial charge on any atom is 0.239 e. The maximum absolute atomic E-state index is 13.9. The van der Waals surface area contributed by atoms with E-state index in [-0.39, 0.29) is 23.8 Å². The average molecular weight is 359 g/mol. The monoisotopic (exact) mass is 359 g/mol. The molecule has 140 valence electrons. The minimum absolute atomic E-state index is 0.0128. The third kappa shape index (κ3) is 3.78. The molecule has 0 unspecified atom stereocenters. The topological polar surface area (TPSA) is 67.4 Å². The van der Waals surface area contributed by atoms with Gasteiger partial charge in [0, 0.05) is 44.0 Å². The van der Waals surface area contributed by atoms with Crippen LogP contribution in [0.2, 0.25) is 0 Å². The second-order valence-electron chi connectivity index (χ2n) is 6.70. The van der Waals surface area contributed by atoms with Crippen molar-refractivity contribution in [1.82, 2.24) is 19.6 Å². The van der Waals surface area contributed by atoms with Crippen LogP contribution in [0.4, 0.5) is 4.39 Å². The van der Waals surface area contributed by atoms with Crippen molar-refractivity contribution in [2.45, 2.75) is 38.9 Å². The lowest BCUT2D eigenvalue weighted by atomic mass is 10.1. The molecule has 26 heavy (non-hydrogen) atoms. The lowest BCUT2D eigenvalue weighted by Crippen LogP contribution is -2.45. The highest BCUT2D eigenvalue weighted by Gasteiger charge is 2.36. The molecular weight excluding hydrogens is 333 g/mol. The van der Waals surface area contributed by atoms with E-state index in [4.69, 9.17) is 5.73 Å². The smallest absolute Gasteiger partial charge is 0.239 e. The van der Waals surface area contributed by atoms with E-state index in [1.165, 1.54) is 10.7 Å². The number of hydrogen-bond donors (Lipinski definition) is 1. The number of benzene rings is 1. The summed E-state index contributed by atoms with van der Waals surface area (Å²) < 4.78 is 15.5. The van der Waals surface area contributed by atoms with Gasteiger partial charge in [0.05, 0.1) is 12.2 Å². The fraction of sp³-hybridized carbons (Fsp3) is 0.474. The molecule has 3 rings (SSSR count). The molecule has 0 radical (unpaired) electrons. The fourth-order valence-electron chi connectivity index (χ4n) is 3.56. The second-order valence-corrected chi connectivity index (χ2v) is 6.70. The van der Waals surface area contributed by atoms with Gasteiger partial charge in [-0.2, -0.15) is 5.10 Å². The Morgan fingerprint density at radius 1 is 1.35 bits per heavy atom. The zero-order valence-corrected chi connectivity index (χ0v) is 15.3. The number of aromatic nitrogens is 2. The summed E-state index contributed by atoms with van der Waals surface area (Å²) in [6.07, 6.45) is 4.19. The Kier molecular flexibility index (Phi) is 5.68. The molecule has 1 saturated heterocycles. The van der Waals surface area contributed by atoms with E-state index in [0.717, 1.165) is 5.56 Å². The van der Waals surface area contributed by atoms with Crippen molar-refractivity contribution in [3.05, 3.63) is 48.0 Å². The van der Waals surface area contributed by atoms with Gasteiger partial charge < -0.3 is 10.6 Å². The molecule has 0 spiro atoms. The number of halogens is 1. The number of hydrogen-bond acceptors (Lipinski definition) is 4. The van der Waals surface area contributed by atoms with Gasteiger partial charge in [-0.25, -0.2) is 9.07 Å². The Hall–Kier alpha value is -2.25. The highest BCUT2D eigenvalue weighted by Crippen LogP contribution is 2.22. The van der Waals surface area contributed by atoms with Crippen molar-refractivity contribution in [2.24, 2.45) is 5.73 Å². The van der Waals surface area contributed by atoms with Crippen molar-refractivity contribution < 1.29 is 9.18 Å². The van der Waals surface area contributed by atoms with Gasteiger partial charge in [-0.1, -0.05) is 12.1 Å². The molecule has 1 aliphatic heterocycles. The Labute approximate surface area is 153 Å². The summed E-state index contributed by atoms with van der Waals surface area (Å²) in [6, 6.07) is 6.30. The minimum Gasteiger partial charge on any atom is -0.342 e. The van der Waals surface area contributed by atoms with E-state index < -0.39 is 0 Å². The number of carbonyl (C=O) groups is 1. The van der Waals surface area contributed by atoms with Gasteiger partial charge in [0.15, 0.2) is 0 Å². The first-order valence-corrected chi connectivity index (χ1v) is 9.10. The third-order valence-corrected chi connectivity index (χ3v) is 4.92. The number of carbonyl (C=O) groups excluding carboxylic acids is 1. The zero-order chi connectivity index (χ0) is 18.7. The molecule has 0 aliphatic carbocycles. The number of para-hydroxylation sites is 1. The van der Waals surface area contributed by atoms with Crippen LogP contribution in [0.5, 0.6) is 0 Å². The molecule has 1 aliphatic rings. The maximum atomic E-state index is 13.9. The molecule has 7 heteroatoms. The number of rotatable bonds is 6. The van der Waals surface area contributed by atoms with E-state index in [0.29, 0.717) is 38.3 Å². The summed E-state index contributed by atoms with van der Waals surface area (Å²) in [5, 5.41) is 4.27. The first-order valence-electron chi connectivity index (χ1n) is 9.10. The number of amides is 1. The van der Waals surface area contributed by atoms with Crippen LogP contribution in [0.25, 0.3) is 5.69 Å². The Morgan fingerprint density at radius 3 is 2.77 bits per heavy atom. The normalized spacial score (nSPS) is 20.5. The van der Waals surface area contributed by atoms with E-state index in [1.807, 2.05) is 18.7 Å². The van der Waals surface area contributed by atoms with Gasteiger partial charge in [0.2, 0.25) is 5.91 Å². The van der Waals surface area contributed by atoms with Crippen molar-refractivity contribution in [3.63, 3.8) is 0 Å². The largest absolute Gasteiger partial charge is 0.342 e. The molecule has 1 fully saturated rings. The molecule has 2 heterocycles. The molecular formula is C19H26FN5O. The first kappa shape index (κ1) is 18.5. The van der Waals surface area contributed by atoms with Gasteiger partial charge in [0.1, 0.15) is 11.5 Å². The van der Waals surface area contributed by atoms with Crippen LogP contribution in [-0.2, 0) is 11.3 Å². The Morgan fingerprint density at radius 2 is 2.08 bits per heavy atom. The first-order chi connectivity index (χ1) is 12.5. The summed E-state index contributed by atoms with van der Waals surface area (Å²) in [6.45, 7) is 6.60. The van der Waals surface area contributed by atoms with E-state index in [2.05, 4.69) is 10.00 Å². The lowest BCUT2D eigenvalue weighted by Gasteiger charge is -2.28. The Balaban J connectivity index is 1.75. The van der Waals surface area contributed by atoms with Crippen molar-refractivity contribution in [2.75, 3.05) is 19.6 Å². The molecule has 1 amide bonds. The predicted molar refractivity (Wildman–Crippen MR) is 98.2 cm³/mol. The molecule has 1 aromatic heterocycles. The van der Waals surface area contributed by atoms with Crippen LogP contribution >= 0.6 is 0 Å². The Bertz CT molecular complexity index is 758. The number of likely N-dealkylation sites (tertiary alicyclic amines) is 1. The molecule has 2 N–H and O–H groups in total. The van der Waals surface area contributed by atoms with Crippen molar-refractivity contribution in [3.8, 4) is 5.69 Å². The summed E-state index contributed by atoms with van der Waals surface area (Å²) in [5.41, 5.74) is 7.46. The SMILES string of the molecule is CCN(CC)C(=O)[C@@H]1C[C@@H](N)CN1Cc1cnn(-c2ccccc2F)c1. The molecule has 1 aromatic carbocycles. The average Bonchev–Trinajstić information content (AvgIpc) is 3.23. The molecule has 2 aromatic rings. The number of nitrogens with two attached hydrogens (primary N) is 1. The highest BCUT2D eigenvalue weighted by atomic mass is 19.1. The summed E-state index contributed by atoms with van der Waals surface area (Å²) in [5.74, 6) is -0.190. The van der Waals surface area contributed by atoms with Gasteiger partial charge in [-0.05, 0) is 32.4 Å². The summed E-state index contributed by atoms with van der Waals surface area (Å²) in [7, 11) is 0. The molecule has 6 nitrogen and oxygen atoms in total. The van der Waals surface area contributed by atoms with Crippen molar-refractivity contribution in [1.29, 1.82) is 0 Å². The van der Waals surface area contributed by atoms with Gasteiger partial charge >= 0.3 is 0 Å². The van der Waals surface area contributed by atoms with E-state index in [1.54, 1.807) is 30.6 Å². The zero-order valence-electron chi connectivity index (χ0n) is 15.3. The van der Waals surface area contributed by atoms with E-state index in [9.17, 15) is 9.18 Å². The van der Waals surface area contributed by atoms with Crippen LogP contribution in [0.3, 0.4) is 0 Å². The van der Waals surface area contributed by atoms with Crippen LogP contribution in [0.15, 0.2) is 36.7 Å². The quantitative estimate of drug-likeness (QED) is 0.854. The predicted octanol–water partition coefficient (Wildman–Crippen LogP) is 1.78. The van der Waals surface area contributed by atoms with Crippen LogP contribution in [0.1, 0.15) is 25.8 Å². The second kappa shape index (κ2) is 7.97. The summed E-state index contributed by atoms with van der Waals surface area (Å²) in [4.78, 5) is 16.7. The standard InChI is InChI=1S/C19H26FN5O/c1-3-23(4-2)19(26)18-9-15(21)13-24(18)11-14-10-22-25(12-14)17-8-6-5-7-16(17)20/h5-8,10,12,15,18H,3-4,9,11,13,21H2,1-2H3/t15-,18+/m1/s1. The summed E-state index contributed by atoms with van der Waals surface area (Å²) >= 11 is 0. The van der Waals surface area contributed by atoms with Crippen LogP contribution in [0, 0.1) is 5.82 Å². The van der Waals surface area contributed by atoms with Crippen LogP contribution in [-0.4, -0.2) is 57.2 Å². The molecule has 0 bridgehead atoms. The van der Waals surface area contributed by atoms with Crippen LogP contribution < -0.4 is 5.73 Å². The molecule has 2 atom stereocenters. The van der Waals surface area contributed by atoms with Gasteiger partial charge in [0.25, 0.3) is 0 Å². The third-order valence-electron chi connectivity index (χ3n) is 4.92. The number of likely N-dealkylation sites (N-methyl/N-ethyl adjacent to an activating group) is 1. The van der Waals surface area contributed by atoms with Gasteiger partial charge in [-0.15, -0.1) is 0 Å². The molecule has 0 saturated carbocycles. The lowest BCUT2D eigenvalue weighted by molar-refractivity contribution is -0.135.